The molecule has 0 radical (unpaired) electrons. The minimum absolute atomic E-state index is 0.199. The zero-order valence-corrected chi connectivity index (χ0v) is 14.3. The average molecular weight is 389 g/mol. The Hall–Kier alpha value is -2.76. The number of aryl methyl sites for hydroxylation is 1. The van der Waals surface area contributed by atoms with Crippen LogP contribution >= 0.6 is 11.3 Å². The Bertz CT molecular complexity index is 838. The molecule has 0 spiro atoms. The summed E-state index contributed by atoms with van der Waals surface area (Å²) in [5.74, 6) is -1.72. The van der Waals surface area contributed by atoms with Gasteiger partial charge in [0.2, 0.25) is 5.82 Å². The molecule has 0 atom stereocenters. The largest absolute Gasteiger partial charge is 0.435 e. The summed E-state index contributed by atoms with van der Waals surface area (Å²) in [5.41, 5.74) is 3.66. The highest BCUT2D eigenvalue weighted by Gasteiger charge is 2.39. The Kier molecular flexibility index (Phi) is 5.75. The number of nitrogens with one attached hydrogen (secondary N) is 1. The van der Waals surface area contributed by atoms with Crippen molar-refractivity contribution < 1.29 is 22.9 Å². The molecule has 3 N–H and O–H groups in total. The fraction of sp³-hybridized carbons (Fsp3) is 0.357. The van der Waals surface area contributed by atoms with Gasteiger partial charge in [0.1, 0.15) is 10.7 Å². The molecular weight excluding hydrogens is 375 g/mol. The summed E-state index contributed by atoms with van der Waals surface area (Å²) < 4.78 is 39.4. The molecule has 12 heteroatoms. The van der Waals surface area contributed by atoms with Gasteiger partial charge >= 0.3 is 11.9 Å². The lowest BCUT2D eigenvalue weighted by Gasteiger charge is -2.07. The summed E-state index contributed by atoms with van der Waals surface area (Å²) >= 11 is 0.656. The standard InChI is InChI=1S/C14H14F3N5O3S/c1-2-3-4-9-21-11(14(15,16)17)10(26-9)13(23)20-8-6-5-7(22(24)25)12(18)19-8/h5-6H,2-4H2,1H3,(H3,18,19,20,23). The van der Waals surface area contributed by atoms with E-state index in [0.717, 1.165) is 18.6 Å². The summed E-state index contributed by atoms with van der Waals surface area (Å²) in [5, 5.41) is 13.1. The van der Waals surface area contributed by atoms with Crippen LogP contribution in [0.3, 0.4) is 0 Å². The third-order valence-corrected chi connectivity index (χ3v) is 4.34. The van der Waals surface area contributed by atoms with Crippen LogP contribution in [-0.2, 0) is 12.6 Å². The van der Waals surface area contributed by atoms with Gasteiger partial charge in [0, 0.05) is 6.07 Å². The number of rotatable bonds is 6. The molecule has 0 aliphatic heterocycles. The van der Waals surface area contributed by atoms with Gasteiger partial charge < -0.3 is 11.1 Å². The van der Waals surface area contributed by atoms with Gasteiger partial charge in [-0.05, 0) is 18.9 Å². The number of carbonyl (C=O) groups excluding carboxylic acids is 1. The molecule has 2 rings (SSSR count). The van der Waals surface area contributed by atoms with E-state index in [-0.39, 0.29) is 10.8 Å². The number of nitro groups is 1. The number of halogens is 3. The van der Waals surface area contributed by atoms with Crippen molar-refractivity contribution in [2.24, 2.45) is 0 Å². The second-order valence-electron chi connectivity index (χ2n) is 5.20. The first-order chi connectivity index (χ1) is 12.1. The van der Waals surface area contributed by atoms with Crippen molar-refractivity contribution >= 4 is 34.6 Å². The quantitative estimate of drug-likeness (QED) is 0.574. The predicted octanol–water partition coefficient (Wildman–Crippen LogP) is 3.64. The Morgan fingerprint density at radius 3 is 2.62 bits per heavy atom. The second-order valence-corrected chi connectivity index (χ2v) is 6.28. The number of unbranched alkanes of at least 4 members (excludes halogenated alkanes) is 1. The fourth-order valence-corrected chi connectivity index (χ4v) is 3.03. The molecule has 0 aromatic carbocycles. The Balaban J connectivity index is 2.29. The van der Waals surface area contributed by atoms with E-state index in [9.17, 15) is 28.1 Å². The molecule has 0 aliphatic rings. The number of nitrogen functional groups attached to an aromatic ring is 1. The lowest BCUT2D eigenvalue weighted by molar-refractivity contribution is -0.384. The monoisotopic (exact) mass is 389 g/mol. The van der Waals surface area contributed by atoms with Crippen molar-refractivity contribution in [2.75, 3.05) is 11.1 Å². The minimum Gasteiger partial charge on any atom is -0.378 e. The van der Waals surface area contributed by atoms with E-state index in [4.69, 9.17) is 5.73 Å². The van der Waals surface area contributed by atoms with Crippen LogP contribution in [0.25, 0.3) is 0 Å². The van der Waals surface area contributed by atoms with Crippen LogP contribution in [0, 0.1) is 10.1 Å². The SMILES string of the molecule is CCCCc1nc(C(F)(F)F)c(C(=O)Nc2ccc([N+](=O)[O-])c(N)n2)s1. The molecule has 8 nitrogen and oxygen atoms in total. The molecule has 0 unspecified atom stereocenters. The lowest BCUT2D eigenvalue weighted by Crippen LogP contribution is -2.18. The van der Waals surface area contributed by atoms with Crippen LogP contribution in [-0.4, -0.2) is 20.8 Å². The van der Waals surface area contributed by atoms with Crippen LogP contribution in [0.2, 0.25) is 0 Å². The molecule has 0 bridgehead atoms. The van der Waals surface area contributed by atoms with Gasteiger partial charge in [-0.15, -0.1) is 11.3 Å². The van der Waals surface area contributed by atoms with E-state index in [1.807, 2.05) is 6.92 Å². The Morgan fingerprint density at radius 2 is 2.08 bits per heavy atom. The number of anilines is 2. The van der Waals surface area contributed by atoms with Gasteiger partial charge in [-0.1, -0.05) is 13.3 Å². The van der Waals surface area contributed by atoms with Gasteiger partial charge in [0.05, 0.1) is 9.93 Å². The van der Waals surface area contributed by atoms with E-state index in [1.54, 1.807) is 0 Å². The normalized spacial score (nSPS) is 11.4. The zero-order valence-electron chi connectivity index (χ0n) is 13.5. The van der Waals surface area contributed by atoms with E-state index < -0.39 is 39.1 Å². The molecule has 2 aromatic heterocycles. The van der Waals surface area contributed by atoms with Crippen molar-refractivity contribution in [3.63, 3.8) is 0 Å². The van der Waals surface area contributed by atoms with Crippen LogP contribution in [0.4, 0.5) is 30.5 Å². The van der Waals surface area contributed by atoms with Crippen LogP contribution in [0.1, 0.15) is 40.1 Å². The topological polar surface area (TPSA) is 124 Å². The first-order valence-electron chi connectivity index (χ1n) is 7.42. The molecule has 0 saturated heterocycles. The van der Waals surface area contributed by atoms with Crippen LogP contribution < -0.4 is 11.1 Å². The number of hydrogen-bond donors (Lipinski definition) is 2. The fourth-order valence-electron chi connectivity index (χ4n) is 2.01. The second kappa shape index (κ2) is 7.64. The molecule has 0 aliphatic carbocycles. The highest BCUT2D eigenvalue weighted by Crippen LogP contribution is 2.35. The summed E-state index contributed by atoms with van der Waals surface area (Å²) in [4.78, 5) is 28.7. The van der Waals surface area contributed by atoms with Gasteiger partial charge in [-0.2, -0.15) is 13.2 Å². The number of thiazole rings is 1. The molecule has 26 heavy (non-hydrogen) atoms. The molecule has 0 saturated carbocycles. The molecule has 0 fully saturated rings. The summed E-state index contributed by atoms with van der Waals surface area (Å²) in [6.07, 6.45) is -3.03. The van der Waals surface area contributed by atoms with E-state index in [1.165, 1.54) is 0 Å². The van der Waals surface area contributed by atoms with E-state index in [0.29, 0.717) is 24.2 Å². The lowest BCUT2D eigenvalue weighted by atomic mass is 10.2. The number of alkyl halides is 3. The van der Waals surface area contributed by atoms with Gasteiger partial charge in [-0.25, -0.2) is 9.97 Å². The number of hydrogen-bond acceptors (Lipinski definition) is 7. The van der Waals surface area contributed by atoms with Crippen molar-refractivity contribution in [2.45, 2.75) is 32.4 Å². The molecule has 2 heterocycles. The van der Waals surface area contributed by atoms with Gasteiger partial charge in [-0.3, -0.25) is 14.9 Å². The van der Waals surface area contributed by atoms with Crippen LogP contribution in [0.5, 0.6) is 0 Å². The number of pyridine rings is 1. The highest BCUT2D eigenvalue weighted by molar-refractivity contribution is 7.14. The summed E-state index contributed by atoms with van der Waals surface area (Å²) in [7, 11) is 0. The number of amides is 1. The van der Waals surface area contributed by atoms with Crippen molar-refractivity contribution in [1.29, 1.82) is 0 Å². The smallest absolute Gasteiger partial charge is 0.378 e. The number of aromatic nitrogens is 2. The molecule has 140 valence electrons. The number of nitrogens with zero attached hydrogens (tertiary/aromatic N) is 3. The number of carbonyl (C=O) groups is 1. The van der Waals surface area contributed by atoms with Gasteiger partial charge in [0.25, 0.3) is 5.91 Å². The minimum atomic E-state index is -4.78. The van der Waals surface area contributed by atoms with Crippen molar-refractivity contribution in [3.8, 4) is 0 Å². The Morgan fingerprint density at radius 1 is 1.38 bits per heavy atom. The summed E-state index contributed by atoms with van der Waals surface area (Å²) in [6, 6.07) is 2.08. The van der Waals surface area contributed by atoms with Gasteiger partial charge in [0.15, 0.2) is 5.69 Å². The third kappa shape index (κ3) is 4.45. The van der Waals surface area contributed by atoms with Crippen molar-refractivity contribution in [3.05, 3.63) is 37.8 Å². The maximum atomic E-state index is 13.1. The maximum Gasteiger partial charge on any atom is 0.435 e. The Labute approximate surface area is 149 Å². The summed E-state index contributed by atoms with van der Waals surface area (Å²) in [6.45, 7) is 1.89. The average Bonchev–Trinajstić information content (AvgIpc) is 2.97. The maximum absolute atomic E-state index is 13.1. The first kappa shape index (κ1) is 19.6. The third-order valence-electron chi connectivity index (χ3n) is 3.23. The van der Waals surface area contributed by atoms with Crippen LogP contribution in [0.15, 0.2) is 12.1 Å². The first-order valence-corrected chi connectivity index (χ1v) is 8.24. The predicted molar refractivity (Wildman–Crippen MR) is 89.0 cm³/mol. The number of nitrogens with two attached hydrogens (primary N) is 1. The highest BCUT2D eigenvalue weighted by atomic mass is 32.1. The molecular formula is C14H14F3N5O3S. The molecule has 1 amide bonds. The zero-order chi connectivity index (χ0) is 19.5. The molecule has 2 aromatic rings. The van der Waals surface area contributed by atoms with Crippen molar-refractivity contribution in [1.82, 2.24) is 9.97 Å². The van der Waals surface area contributed by atoms with E-state index in [2.05, 4.69) is 15.3 Å². The van der Waals surface area contributed by atoms with E-state index >= 15 is 0 Å².